The number of nitrogens with one attached hydrogen (secondary N) is 1. The van der Waals surface area contributed by atoms with E-state index in [-0.39, 0.29) is 0 Å². The third-order valence-corrected chi connectivity index (χ3v) is 3.24. The van der Waals surface area contributed by atoms with Crippen LogP contribution >= 0.6 is 0 Å². The van der Waals surface area contributed by atoms with E-state index in [1.165, 1.54) is 0 Å². The van der Waals surface area contributed by atoms with Gasteiger partial charge in [-0.3, -0.25) is 0 Å². The number of H-pyrrole nitrogens is 1. The molecule has 0 aliphatic rings. The fourth-order valence-electron chi connectivity index (χ4n) is 2.23. The monoisotopic (exact) mass is 253 g/mol. The third-order valence-electron chi connectivity index (χ3n) is 3.24. The average molecular weight is 253 g/mol. The van der Waals surface area contributed by atoms with Gasteiger partial charge in [0.05, 0.1) is 12.8 Å². The van der Waals surface area contributed by atoms with Crippen molar-refractivity contribution < 1.29 is 4.74 Å². The summed E-state index contributed by atoms with van der Waals surface area (Å²) in [5, 5.41) is 1.11. The van der Waals surface area contributed by atoms with Gasteiger partial charge >= 0.3 is 0 Å². The van der Waals surface area contributed by atoms with E-state index < -0.39 is 0 Å². The van der Waals surface area contributed by atoms with Crippen LogP contribution in [0.3, 0.4) is 0 Å². The van der Waals surface area contributed by atoms with Crippen LogP contribution in [0.4, 0.5) is 0 Å². The van der Waals surface area contributed by atoms with Gasteiger partial charge in [0.25, 0.3) is 0 Å². The van der Waals surface area contributed by atoms with Crippen molar-refractivity contribution in [3.63, 3.8) is 0 Å². The van der Waals surface area contributed by atoms with Gasteiger partial charge in [0.15, 0.2) is 0 Å². The first-order valence-electron chi connectivity index (χ1n) is 6.15. The Balaban J connectivity index is 2.27. The van der Waals surface area contributed by atoms with Crippen LogP contribution in [0, 0.1) is 13.8 Å². The molecule has 0 radical (unpaired) electrons. The summed E-state index contributed by atoms with van der Waals surface area (Å²) < 4.78 is 5.29. The lowest BCUT2D eigenvalue weighted by Crippen LogP contribution is -1.93. The van der Waals surface area contributed by atoms with Crippen LogP contribution in [0.1, 0.15) is 11.4 Å². The number of aryl methyl sites for hydroxylation is 2. The molecule has 2 aromatic heterocycles. The average Bonchev–Trinajstić information content (AvgIpc) is 2.84. The quantitative estimate of drug-likeness (QED) is 0.762. The number of nitrogens with zero attached hydrogens (tertiary/aromatic N) is 2. The molecule has 0 unspecified atom stereocenters. The predicted octanol–water partition coefficient (Wildman–Crippen LogP) is 3.25. The maximum atomic E-state index is 5.29. The molecule has 0 atom stereocenters. The van der Waals surface area contributed by atoms with Crippen LogP contribution in [-0.2, 0) is 0 Å². The van der Waals surface area contributed by atoms with Crippen molar-refractivity contribution in [2.75, 3.05) is 7.11 Å². The van der Waals surface area contributed by atoms with Gasteiger partial charge in [-0.1, -0.05) is 0 Å². The third kappa shape index (κ3) is 1.95. The molecule has 0 amide bonds. The number of hydrogen-bond donors (Lipinski definition) is 1. The summed E-state index contributed by atoms with van der Waals surface area (Å²) in [6, 6.07) is 5.99. The SMILES string of the molecule is COc1ccc2[nH]cc(-c3nc(C)ncc3C)c2c1. The Kier molecular flexibility index (Phi) is 2.71. The molecule has 4 heteroatoms. The van der Waals surface area contributed by atoms with Gasteiger partial charge in [-0.05, 0) is 37.6 Å². The number of hydrogen-bond acceptors (Lipinski definition) is 3. The highest BCUT2D eigenvalue weighted by Gasteiger charge is 2.11. The summed E-state index contributed by atoms with van der Waals surface area (Å²) in [6.45, 7) is 3.92. The summed E-state index contributed by atoms with van der Waals surface area (Å²) in [5.41, 5.74) is 4.18. The lowest BCUT2D eigenvalue weighted by atomic mass is 10.1. The number of ether oxygens (including phenoxy) is 1. The molecule has 0 aliphatic heterocycles. The van der Waals surface area contributed by atoms with Crippen molar-refractivity contribution in [3.05, 3.63) is 42.0 Å². The highest BCUT2D eigenvalue weighted by Crippen LogP contribution is 2.31. The highest BCUT2D eigenvalue weighted by atomic mass is 16.5. The van der Waals surface area contributed by atoms with E-state index in [1.54, 1.807) is 7.11 Å². The van der Waals surface area contributed by atoms with Crippen LogP contribution in [-0.4, -0.2) is 22.1 Å². The lowest BCUT2D eigenvalue weighted by molar-refractivity contribution is 0.415. The topological polar surface area (TPSA) is 50.8 Å². The van der Waals surface area contributed by atoms with Gasteiger partial charge in [0.2, 0.25) is 0 Å². The zero-order valence-corrected chi connectivity index (χ0v) is 11.2. The Hall–Kier alpha value is -2.36. The minimum absolute atomic E-state index is 0.776. The number of benzene rings is 1. The van der Waals surface area contributed by atoms with Crippen molar-refractivity contribution in [2.24, 2.45) is 0 Å². The second-order valence-electron chi connectivity index (χ2n) is 4.56. The largest absolute Gasteiger partial charge is 0.497 e. The van der Waals surface area contributed by atoms with Crippen molar-refractivity contribution in [3.8, 4) is 17.0 Å². The van der Waals surface area contributed by atoms with E-state index in [4.69, 9.17) is 4.74 Å². The summed E-state index contributed by atoms with van der Waals surface area (Å²) in [4.78, 5) is 12.0. The second kappa shape index (κ2) is 4.39. The Morgan fingerprint density at radius 3 is 2.84 bits per heavy atom. The maximum absolute atomic E-state index is 5.29. The van der Waals surface area contributed by atoms with Crippen LogP contribution in [0.2, 0.25) is 0 Å². The summed E-state index contributed by atoms with van der Waals surface area (Å²) in [6.07, 6.45) is 3.84. The number of methoxy groups -OCH3 is 1. The summed E-state index contributed by atoms with van der Waals surface area (Å²) in [7, 11) is 1.67. The highest BCUT2D eigenvalue weighted by molar-refractivity contribution is 5.96. The Labute approximate surface area is 111 Å². The smallest absolute Gasteiger partial charge is 0.125 e. The predicted molar refractivity (Wildman–Crippen MR) is 75.4 cm³/mol. The molecular formula is C15H15N3O. The van der Waals surface area contributed by atoms with Crippen LogP contribution in [0.15, 0.2) is 30.6 Å². The first kappa shape index (κ1) is 11.7. The number of aromatic nitrogens is 3. The second-order valence-corrected chi connectivity index (χ2v) is 4.56. The molecule has 1 aromatic carbocycles. The minimum atomic E-state index is 0.776. The maximum Gasteiger partial charge on any atom is 0.125 e. The minimum Gasteiger partial charge on any atom is -0.497 e. The number of fused-ring (bicyclic) bond motifs is 1. The molecular weight excluding hydrogens is 238 g/mol. The van der Waals surface area contributed by atoms with Crippen LogP contribution < -0.4 is 4.74 Å². The van der Waals surface area contributed by atoms with E-state index in [2.05, 4.69) is 15.0 Å². The van der Waals surface area contributed by atoms with Crippen molar-refractivity contribution >= 4 is 10.9 Å². The van der Waals surface area contributed by atoms with Crippen LogP contribution in [0.25, 0.3) is 22.2 Å². The molecule has 4 nitrogen and oxygen atoms in total. The molecule has 3 aromatic rings. The Bertz CT molecular complexity index is 746. The molecule has 0 fully saturated rings. The fraction of sp³-hybridized carbons (Fsp3) is 0.200. The Morgan fingerprint density at radius 2 is 2.05 bits per heavy atom. The van der Waals surface area contributed by atoms with Crippen molar-refractivity contribution in [2.45, 2.75) is 13.8 Å². The summed E-state index contributed by atoms with van der Waals surface area (Å²) >= 11 is 0. The molecule has 0 saturated carbocycles. The molecule has 0 saturated heterocycles. The fourth-order valence-corrected chi connectivity index (χ4v) is 2.23. The van der Waals surface area contributed by atoms with E-state index in [9.17, 15) is 0 Å². The van der Waals surface area contributed by atoms with E-state index >= 15 is 0 Å². The van der Waals surface area contributed by atoms with E-state index in [1.807, 2.05) is 44.4 Å². The van der Waals surface area contributed by atoms with Gasteiger partial charge < -0.3 is 9.72 Å². The standard InChI is InChI=1S/C15H15N3O/c1-9-7-16-10(2)18-15(9)13-8-17-14-5-4-11(19-3)6-12(13)14/h4-8,17H,1-3H3. The van der Waals surface area contributed by atoms with E-state index in [0.717, 1.165) is 39.3 Å². The first-order chi connectivity index (χ1) is 9.19. The molecule has 1 N–H and O–H groups in total. The number of aromatic amines is 1. The summed E-state index contributed by atoms with van der Waals surface area (Å²) in [5.74, 6) is 1.62. The van der Waals surface area contributed by atoms with Crippen molar-refractivity contribution in [1.82, 2.24) is 15.0 Å². The van der Waals surface area contributed by atoms with Gasteiger partial charge in [-0.25, -0.2) is 9.97 Å². The van der Waals surface area contributed by atoms with Gasteiger partial charge in [-0.15, -0.1) is 0 Å². The zero-order valence-electron chi connectivity index (χ0n) is 11.2. The molecule has 2 heterocycles. The number of rotatable bonds is 2. The molecule has 19 heavy (non-hydrogen) atoms. The lowest BCUT2D eigenvalue weighted by Gasteiger charge is -2.05. The molecule has 0 aliphatic carbocycles. The van der Waals surface area contributed by atoms with Crippen LogP contribution in [0.5, 0.6) is 5.75 Å². The Morgan fingerprint density at radius 1 is 1.21 bits per heavy atom. The van der Waals surface area contributed by atoms with E-state index in [0.29, 0.717) is 0 Å². The molecule has 96 valence electrons. The van der Waals surface area contributed by atoms with Gasteiger partial charge in [-0.2, -0.15) is 0 Å². The molecule has 3 rings (SSSR count). The molecule has 0 bridgehead atoms. The zero-order chi connectivity index (χ0) is 13.4. The van der Waals surface area contributed by atoms with Crippen molar-refractivity contribution in [1.29, 1.82) is 0 Å². The van der Waals surface area contributed by atoms with Gasteiger partial charge in [0, 0.05) is 28.9 Å². The first-order valence-corrected chi connectivity index (χ1v) is 6.15. The molecule has 0 spiro atoms. The van der Waals surface area contributed by atoms with Gasteiger partial charge in [0.1, 0.15) is 11.6 Å². The normalized spacial score (nSPS) is 10.9.